The first kappa shape index (κ1) is 19.6. The van der Waals surface area contributed by atoms with Gasteiger partial charge in [0.1, 0.15) is 12.1 Å². The number of halogens is 3. The summed E-state index contributed by atoms with van der Waals surface area (Å²) in [5.74, 6) is -0.669. The number of nitrogens with one attached hydrogen (secondary N) is 1. The van der Waals surface area contributed by atoms with E-state index in [9.17, 15) is 22.8 Å². The maximum absolute atomic E-state index is 13.4. The fourth-order valence-electron chi connectivity index (χ4n) is 3.34. The number of aromatic nitrogens is 2. The molecule has 10 heteroatoms. The highest BCUT2D eigenvalue weighted by Gasteiger charge is 2.52. The Morgan fingerprint density at radius 2 is 1.70 bits per heavy atom. The Kier molecular flexibility index (Phi) is 4.56. The molecule has 154 valence electrons. The molecule has 1 atom stereocenters. The number of benzene rings is 2. The molecule has 1 fully saturated rings. The van der Waals surface area contributed by atoms with Gasteiger partial charge in [0.25, 0.3) is 5.91 Å². The maximum atomic E-state index is 13.4. The lowest BCUT2D eigenvalue weighted by Crippen LogP contribution is -2.42. The van der Waals surface area contributed by atoms with Gasteiger partial charge in [-0.1, -0.05) is 36.4 Å². The quantitative estimate of drug-likeness (QED) is 0.655. The van der Waals surface area contributed by atoms with Crippen molar-refractivity contribution >= 4 is 11.9 Å². The highest BCUT2D eigenvalue weighted by Crippen LogP contribution is 2.39. The highest BCUT2D eigenvalue weighted by molar-refractivity contribution is 6.07. The fourth-order valence-corrected chi connectivity index (χ4v) is 3.34. The maximum Gasteiger partial charge on any atom is 0.416 e. The van der Waals surface area contributed by atoms with Gasteiger partial charge < -0.3 is 9.73 Å². The minimum atomic E-state index is -4.69. The molecular weight excluding hydrogens is 401 g/mol. The number of amides is 3. The van der Waals surface area contributed by atoms with E-state index in [1.165, 1.54) is 25.1 Å². The van der Waals surface area contributed by atoms with Crippen molar-refractivity contribution in [3.05, 3.63) is 71.6 Å². The monoisotopic (exact) mass is 416 g/mol. The Morgan fingerprint density at radius 1 is 1.03 bits per heavy atom. The van der Waals surface area contributed by atoms with Crippen molar-refractivity contribution < 1.29 is 27.2 Å². The first-order chi connectivity index (χ1) is 14.2. The zero-order chi connectivity index (χ0) is 21.5. The minimum Gasteiger partial charge on any atom is -0.419 e. The summed E-state index contributed by atoms with van der Waals surface area (Å²) in [6.45, 7) is 0.870. The summed E-state index contributed by atoms with van der Waals surface area (Å²) in [5, 5.41) is 10.1. The van der Waals surface area contributed by atoms with Gasteiger partial charge in [0.05, 0.1) is 5.56 Å². The van der Waals surface area contributed by atoms with Crippen LogP contribution in [0.3, 0.4) is 0 Å². The zero-order valence-electron chi connectivity index (χ0n) is 15.6. The van der Waals surface area contributed by atoms with Crippen LogP contribution >= 0.6 is 0 Å². The molecule has 1 N–H and O–H groups in total. The number of carbonyl (C=O) groups excluding carboxylic acids is 2. The van der Waals surface area contributed by atoms with Crippen molar-refractivity contribution in [2.75, 3.05) is 0 Å². The van der Waals surface area contributed by atoms with Gasteiger partial charge in [-0.25, -0.2) is 4.79 Å². The molecule has 1 aromatic heterocycles. The summed E-state index contributed by atoms with van der Waals surface area (Å²) in [6, 6.07) is 12.6. The second kappa shape index (κ2) is 6.97. The van der Waals surface area contributed by atoms with Crippen molar-refractivity contribution in [1.82, 2.24) is 20.4 Å². The van der Waals surface area contributed by atoms with Gasteiger partial charge in [-0.3, -0.25) is 9.69 Å². The van der Waals surface area contributed by atoms with Crippen LogP contribution in [0.5, 0.6) is 0 Å². The molecule has 0 spiro atoms. The average Bonchev–Trinajstić information content (AvgIpc) is 3.27. The van der Waals surface area contributed by atoms with Crippen molar-refractivity contribution in [3.8, 4) is 11.5 Å². The largest absolute Gasteiger partial charge is 0.419 e. The molecule has 1 aliphatic heterocycles. The second-order valence-electron chi connectivity index (χ2n) is 6.86. The molecule has 1 aliphatic rings. The number of hydrogen-bond acceptors (Lipinski definition) is 5. The van der Waals surface area contributed by atoms with E-state index in [0.29, 0.717) is 5.56 Å². The molecule has 3 amide bonds. The number of alkyl halides is 3. The Hall–Kier alpha value is -3.69. The van der Waals surface area contributed by atoms with Crippen molar-refractivity contribution in [1.29, 1.82) is 0 Å². The Labute approximate surface area is 168 Å². The SMILES string of the molecule is C[C@]1(c2ccccc2C(F)(F)F)NC(=O)N(Cc2nnc(-c3ccccc3)o2)C1=O. The highest BCUT2D eigenvalue weighted by atomic mass is 19.4. The molecule has 0 unspecified atom stereocenters. The predicted octanol–water partition coefficient (Wildman–Crippen LogP) is 3.72. The minimum absolute atomic E-state index is 0.0225. The van der Waals surface area contributed by atoms with Gasteiger partial charge in [0.15, 0.2) is 0 Å². The molecule has 2 heterocycles. The van der Waals surface area contributed by atoms with Crippen LogP contribution < -0.4 is 5.32 Å². The molecule has 2 aromatic carbocycles. The predicted molar refractivity (Wildman–Crippen MR) is 97.6 cm³/mol. The molecule has 7 nitrogen and oxygen atoms in total. The first-order valence-corrected chi connectivity index (χ1v) is 8.89. The van der Waals surface area contributed by atoms with Gasteiger partial charge >= 0.3 is 12.2 Å². The second-order valence-corrected chi connectivity index (χ2v) is 6.86. The van der Waals surface area contributed by atoms with Crippen LogP contribution in [0.4, 0.5) is 18.0 Å². The van der Waals surface area contributed by atoms with E-state index in [4.69, 9.17) is 4.42 Å². The summed E-state index contributed by atoms with van der Waals surface area (Å²) < 4.78 is 45.8. The molecule has 1 saturated heterocycles. The molecule has 4 rings (SSSR count). The van der Waals surface area contributed by atoms with Gasteiger partial charge in [0, 0.05) is 5.56 Å². The number of hydrogen-bond donors (Lipinski definition) is 1. The molecule has 0 bridgehead atoms. The van der Waals surface area contributed by atoms with Crippen LogP contribution in [-0.4, -0.2) is 27.0 Å². The fraction of sp³-hybridized carbons (Fsp3) is 0.200. The van der Waals surface area contributed by atoms with E-state index in [1.807, 2.05) is 6.07 Å². The van der Waals surface area contributed by atoms with Crippen LogP contribution in [0.15, 0.2) is 59.0 Å². The Bertz CT molecular complexity index is 1110. The van der Waals surface area contributed by atoms with Crippen LogP contribution in [0.25, 0.3) is 11.5 Å². The standard InChI is InChI=1S/C20H15F3N4O3/c1-19(13-9-5-6-10-14(13)20(21,22)23)17(28)27(18(29)24-19)11-15-25-26-16(30-15)12-7-3-2-4-8-12/h2-10H,11H2,1H3,(H,24,29)/t19-/m1/s1. The van der Waals surface area contributed by atoms with Crippen LogP contribution in [0.1, 0.15) is 23.9 Å². The zero-order valence-corrected chi connectivity index (χ0v) is 15.6. The Morgan fingerprint density at radius 3 is 2.40 bits per heavy atom. The van der Waals surface area contributed by atoms with Crippen molar-refractivity contribution in [3.63, 3.8) is 0 Å². The van der Waals surface area contributed by atoms with E-state index in [-0.39, 0.29) is 23.9 Å². The van der Waals surface area contributed by atoms with Crippen molar-refractivity contribution in [2.45, 2.75) is 25.2 Å². The third kappa shape index (κ3) is 3.30. The van der Waals surface area contributed by atoms with Gasteiger partial charge in [0.2, 0.25) is 11.8 Å². The van der Waals surface area contributed by atoms with E-state index >= 15 is 0 Å². The smallest absolute Gasteiger partial charge is 0.416 e. The molecule has 0 radical (unpaired) electrons. The lowest BCUT2D eigenvalue weighted by atomic mass is 9.88. The third-order valence-electron chi connectivity index (χ3n) is 4.83. The molecular formula is C20H15F3N4O3. The topological polar surface area (TPSA) is 88.3 Å². The number of carbonyl (C=O) groups is 2. The van der Waals surface area contributed by atoms with Crippen LogP contribution in [0, 0.1) is 0 Å². The summed E-state index contributed by atoms with van der Waals surface area (Å²) in [5.41, 5.74) is -2.57. The molecule has 3 aromatic rings. The number of imide groups is 1. The molecule has 0 aliphatic carbocycles. The molecule has 30 heavy (non-hydrogen) atoms. The van der Waals surface area contributed by atoms with E-state index < -0.39 is 29.2 Å². The van der Waals surface area contributed by atoms with E-state index in [1.54, 1.807) is 24.3 Å². The summed E-state index contributed by atoms with van der Waals surface area (Å²) in [6.07, 6.45) is -4.69. The third-order valence-corrected chi connectivity index (χ3v) is 4.83. The lowest BCUT2D eigenvalue weighted by molar-refractivity contribution is -0.140. The summed E-state index contributed by atoms with van der Waals surface area (Å²) in [4.78, 5) is 26.2. The van der Waals surface area contributed by atoms with E-state index in [0.717, 1.165) is 11.0 Å². The number of nitrogens with zero attached hydrogens (tertiary/aromatic N) is 3. The van der Waals surface area contributed by atoms with Gasteiger partial charge in [-0.15, -0.1) is 10.2 Å². The van der Waals surface area contributed by atoms with E-state index in [2.05, 4.69) is 15.5 Å². The van der Waals surface area contributed by atoms with Crippen molar-refractivity contribution in [2.24, 2.45) is 0 Å². The Balaban J connectivity index is 1.62. The summed E-state index contributed by atoms with van der Waals surface area (Å²) >= 11 is 0. The molecule has 0 saturated carbocycles. The average molecular weight is 416 g/mol. The number of urea groups is 1. The lowest BCUT2D eigenvalue weighted by Gasteiger charge is -2.25. The summed E-state index contributed by atoms with van der Waals surface area (Å²) in [7, 11) is 0. The first-order valence-electron chi connectivity index (χ1n) is 8.89. The normalized spacial score (nSPS) is 19.3. The van der Waals surface area contributed by atoms with Gasteiger partial charge in [-0.05, 0) is 30.7 Å². The van der Waals surface area contributed by atoms with Gasteiger partial charge in [-0.2, -0.15) is 13.2 Å². The van der Waals surface area contributed by atoms with Crippen LogP contribution in [0.2, 0.25) is 0 Å². The van der Waals surface area contributed by atoms with Crippen LogP contribution in [-0.2, 0) is 23.1 Å². The number of rotatable bonds is 4.